The van der Waals surface area contributed by atoms with Crippen molar-refractivity contribution in [1.29, 1.82) is 0 Å². The van der Waals surface area contributed by atoms with Gasteiger partial charge in [-0.3, -0.25) is 4.68 Å². The lowest BCUT2D eigenvalue weighted by Gasteiger charge is -2.39. The van der Waals surface area contributed by atoms with Gasteiger partial charge in [0.2, 0.25) is 5.95 Å². The van der Waals surface area contributed by atoms with Crippen LogP contribution in [-0.2, 0) is 0 Å². The lowest BCUT2D eigenvalue weighted by atomic mass is 10.0. The van der Waals surface area contributed by atoms with E-state index in [1.54, 1.807) is 6.20 Å². The summed E-state index contributed by atoms with van der Waals surface area (Å²) < 4.78 is 17.1. The molecule has 8 heteroatoms. The summed E-state index contributed by atoms with van der Waals surface area (Å²) in [5.74, 6) is 0.207. The molecule has 7 nitrogen and oxygen atoms in total. The average Bonchev–Trinajstić information content (AvgIpc) is 3.31. The Balaban J connectivity index is 1.49. The highest BCUT2D eigenvalue weighted by molar-refractivity contribution is 5.65. The number of likely N-dealkylation sites (N-methyl/N-ethyl adjacent to an activating group) is 1. The number of rotatable bonds is 8. The number of anilines is 3. The monoisotopic (exact) mass is 465 g/mol. The zero-order chi connectivity index (χ0) is 24.2. The highest BCUT2D eigenvalue weighted by atomic mass is 19.1. The van der Waals surface area contributed by atoms with Crippen molar-refractivity contribution in [1.82, 2.24) is 24.6 Å². The number of hydrogen-bond acceptors (Lipinski definition) is 6. The molecule has 3 aromatic rings. The van der Waals surface area contributed by atoms with Gasteiger partial charge in [0.1, 0.15) is 5.82 Å². The molecule has 0 radical (unpaired) electrons. The second kappa shape index (κ2) is 10.5. The van der Waals surface area contributed by atoms with E-state index in [-0.39, 0.29) is 11.9 Å². The molecular formula is C26H36FN7. The van der Waals surface area contributed by atoms with Crippen molar-refractivity contribution in [2.75, 3.05) is 36.9 Å². The van der Waals surface area contributed by atoms with E-state index in [0.29, 0.717) is 23.4 Å². The molecule has 4 rings (SSSR count). The van der Waals surface area contributed by atoms with E-state index in [1.165, 1.54) is 6.07 Å². The van der Waals surface area contributed by atoms with Gasteiger partial charge in [-0.15, -0.1) is 0 Å². The van der Waals surface area contributed by atoms with Crippen molar-refractivity contribution < 1.29 is 4.39 Å². The van der Waals surface area contributed by atoms with Crippen LogP contribution in [0.5, 0.6) is 0 Å². The van der Waals surface area contributed by atoms with Crippen LogP contribution in [0.1, 0.15) is 51.6 Å². The summed E-state index contributed by atoms with van der Waals surface area (Å²) in [6.45, 7) is 11.2. The Kier molecular flexibility index (Phi) is 7.46. The lowest BCUT2D eigenvalue weighted by Crippen LogP contribution is -2.47. The van der Waals surface area contributed by atoms with Crippen LogP contribution in [0.2, 0.25) is 0 Å². The molecule has 1 atom stereocenters. The summed E-state index contributed by atoms with van der Waals surface area (Å²) >= 11 is 0. The Morgan fingerprint density at radius 2 is 2.09 bits per heavy atom. The van der Waals surface area contributed by atoms with Crippen molar-refractivity contribution in [3.05, 3.63) is 48.2 Å². The fraction of sp³-hybridized carbons (Fsp3) is 0.500. The fourth-order valence-corrected chi connectivity index (χ4v) is 4.58. The van der Waals surface area contributed by atoms with Crippen LogP contribution in [-0.4, -0.2) is 57.4 Å². The van der Waals surface area contributed by atoms with E-state index in [2.05, 4.69) is 58.0 Å². The number of hydrogen-bond donors (Lipinski definition) is 1. The standard InChI is InChI=1S/C26H36FN7/c1-6-11-32(5)22-8-7-12-33(17-22)24-10-9-21(13-23(24)27)30-26-28-14-19(4)25(31-26)20-15-29-34(16-20)18(2)3/h9-10,13-16,18,22H,6-8,11-12,17H2,1-5H3,(H,28,30,31)/t22-/m0/s1. The fourth-order valence-electron chi connectivity index (χ4n) is 4.58. The number of benzene rings is 1. The highest BCUT2D eigenvalue weighted by Gasteiger charge is 2.24. The summed E-state index contributed by atoms with van der Waals surface area (Å²) in [4.78, 5) is 13.7. The first-order chi connectivity index (χ1) is 16.4. The van der Waals surface area contributed by atoms with Crippen molar-refractivity contribution >= 4 is 17.3 Å². The molecule has 1 aromatic carbocycles. The topological polar surface area (TPSA) is 62.1 Å². The Hall–Kier alpha value is -3.00. The molecule has 2 aromatic heterocycles. The summed E-state index contributed by atoms with van der Waals surface area (Å²) in [5.41, 5.74) is 4.00. The SMILES string of the molecule is CCCN(C)[C@H]1CCCN(c2ccc(Nc3ncc(C)c(-c4cnn(C(C)C)c4)n3)cc2F)C1. The van der Waals surface area contributed by atoms with Gasteiger partial charge in [0.05, 0.1) is 17.6 Å². The minimum Gasteiger partial charge on any atom is -0.368 e. The Bertz CT molecular complexity index is 1110. The summed E-state index contributed by atoms with van der Waals surface area (Å²) in [5, 5.41) is 7.59. The van der Waals surface area contributed by atoms with Crippen LogP contribution < -0.4 is 10.2 Å². The highest BCUT2D eigenvalue weighted by Crippen LogP contribution is 2.29. The maximum atomic E-state index is 15.2. The van der Waals surface area contributed by atoms with Gasteiger partial charge in [-0.25, -0.2) is 14.4 Å². The number of nitrogens with one attached hydrogen (secondary N) is 1. The van der Waals surface area contributed by atoms with Gasteiger partial charge in [-0.05, 0) is 77.4 Å². The third-order valence-electron chi connectivity index (χ3n) is 6.52. The molecule has 1 fully saturated rings. The van der Waals surface area contributed by atoms with Gasteiger partial charge in [-0.1, -0.05) is 6.92 Å². The number of halogens is 1. The van der Waals surface area contributed by atoms with Crippen LogP contribution in [0.3, 0.4) is 0 Å². The normalized spacial score (nSPS) is 16.5. The average molecular weight is 466 g/mol. The molecule has 0 aliphatic carbocycles. The molecule has 0 bridgehead atoms. The molecule has 34 heavy (non-hydrogen) atoms. The zero-order valence-corrected chi connectivity index (χ0v) is 20.9. The zero-order valence-electron chi connectivity index (χ0n) is 20.9. The van der Waals surface area contributed by atoms with Crippen molar-refractivity contribution in [3.63, 3.8) is 0 Å². The molecule has 0 spiro atoms. The number of nitrogens with zero attached hydrogens (tertiary/aromatic N) is 6. The Labute approximate surface area is 202 Å². The number of piperidine rings is 1. The number of aromatic nitrogens is 4. The second-order valence-electron chi connectivity index (χ2n) is 9.54. The van der Waals surface area contributed by atoms with Crippen molar-refractivity contribution in [3.8, 4) is 11.3 Å². The van der Waals surface area contributed by atoms with Gasteiger partial charge in [0, 0.05) is 48.8 Å². The predicted octanol–water partition coefficient (Wildman–Crippen LogP) is 5.42. The van der Waals surface area contributed by atoms with Gasteiger partial charge in [0.25, 0.3) is 0 Å². The molecule has 1 aliphatic heterocycles. The van der Waals surface area contributed by atoms with Crippen LogP contribution in [0.4, 0.5) is 21.7 Å². The van der Waals surface area contributed by atoms with Gasteiger partial charge in [-0.2, -0.15) is 5.10 Å². The summed E-state index contributed by atoms with van der Waals surface area (Å²) in [6, 6.07) is 6.04. The van der Waals surface area contributed by atoms with E-state index >= 15 is 4.39 Å². The van der Waals surface area contributed by atoms with Gasteiger partial charge >= 0.3 is 0 Å². The second-order valence-corrected chi connectivity index (χ2v) is 9.54. The molecule has 0 amide bonds. The largest absolute Gasteiger partial charge is 0.368 e. The molecule has 3 heterocycles. The first-order valence-corrected chi connectivity index (χ1v) is 12.3. The molecule has 1 N–H and O–H groups in total. The van der Waals surface area contributed by atoms with E-state index in [1.807, 2.05) is 36.1 Å². The number of aryl methyl sites for hydroxylation is 1. The minimum atomic E-state index is -0.227. The van der Waals surface area contributed by atoms with E-state index in [4.69, 9.17) is 0 Å². The molecule has 182 valence electrons. The molecule has 0 saturated carbocycles. The van der Waals surface area contributed by atoms with Gasteiger partial charge in [0.15, 0.2) is 0 Å². The maximum absolute atomic E-state index is 15.2. The first-order valence-electron chi connectivity index (χ1n) is 12.3. The Morgan fingerprint density at radius 3 is 2.79 bits per heavy atom. The molecule has 1 saturated heterocycles. The van der Waals surface area contributed by atoms with Crippen molar-refractivity contribution in [2.45, 2.75) is 59.0 Å². The smallest absolute Gasteiger partial charge is 0.227 e. The van der Waals surface area contributed by atoms with E-state index < -0.39 is 0 Å². The third kappa shape index (κ3) is 5.38. The van der Waals surface area contributed by atoms with Crippen LogP contribution in [0.15, 0.2) is 36.8 Å². The van der Waals surface area contributed by atoms with Gasteiger partial charge < -0.3 is 15.1 Å². The predicted molar refractivity (Wildman–Crippen MR) is 136 cm³/mol. The quantitative estimate of drug-likeness (QED) is 0.479. The van der Waals surface area contributed by atoms with E-state index in [0.717, 1.165) is 55.7 Å². The first kappa shape index (κ1) is 24.1. The maximum Gasteiger partial charge on any atom is 0.227 e. The Morgan fingerprint density at radius 1 is 1.26 bits per heavy atom. The summed E-state index contributed by atoms with van der Waals surface area (Å²) in [7, 11) is 2.17. The molecule has 0 unspecified atom stereocenters. The van der Waals surface area contributed by atoms with E-state index in [9.17, 15) is 0 Å². The third-order valence-corrected chi connectivity index (χ3v) is 6.52. The molecular weight excluding hydrogens is 429 g/mol. The van der Waals surface area contributed by atoms with Crippen LogP contribution in [0.25, 0.3) is 11.3 Å². The minimum absolute atomic E-state index is 0.227. The van der Waals surface area contributed by atoms with Crippen molar-refractivity contribution in [2.24, 2.45) is 0 Å². The van der Waals surface area contributed by atoms with Crippen LogP contribution >= 0.6 is 0 Å². The molecule has 1 aliphatic rings. The van der Waals surface area contributed by atoms with Crippen LogP contribution in [0, 0.1) is 12.7 Å². The lowest BCUT2D eigenvalue weighted by molar-refractivity contribution is 0.215. The summed E-state index contributed by atoms with van der Waals surface area (Å²) in [6.07, 6.45) is 8.95.